The van der Waals surface area contributed by atoms with Crippen molar-refractivity contribution >= 4 is 23.3 Å². The maximum Gasteiger partial charge on any atom is 0.413 e. The van der Waals surface area contributed by atoms with Crippen LogP contribution < -0.4 is 15.4 Å². The summed E-state index contributed by atoms with van der Waals surface area (Å²) in [5.41, 5.74) is 1.09. The first-order valence-electron chi connectivity index (χ1n) is 8.22. The van der Waals surface area contributed by atoms with E-state index in [-0.39, 0.29) is 6.10 Å². The molecule has 1 heterocycles. The van der Waals surface area contributed by atoms with Gasteiger partial charge in [0.2, 0.25) is 0 Å². The molecular formula is C19H25N3O3. The third-order valence-corrected chi connectivity index (χ3v) is 2.92. The Labute approximate surface area is 148 Å². The van der Waals surface area contributed by atoms with Crippen molar-refractivity contribution in [3.05, 3.63) is 42.6 Å². The van der Waals surface area contributed by atoms with Crippen LogP contribution in [-0.2, 0) is 4.74 Å². The van der Waals surface area contributed by atoms with Gasteiger partial charge in [0, 0.05) is 0 Å². The minimum absolute atomic E-state index is 0.0847. The molecule has 0 aliphatic heterocycles. The lowest BCUT2D eigenvalue weighted by Gasteiger charge is -2.19. The predicted octanol–water partition coefficient (Wildman–Crippen LogP) is 4.96. The summed E-state index contributed by atoms with van der Waals surface area (Å²) in [5.74, 6) is 1.19. The van der Waals surface area contributed by atoms with Crippen molar-refractivity contribution in [2.24, 2.45) is 0 Å². The molecule has 6 heteroatoms. The Balaban J connectivity index is 2.03. The molecule has 0 fully saturated rings. The van der Waals surface area contributed by atoms with Gasteiger partial charge in [0.15, 0.2) is 0 Å². The molecule has 25 heavy (non-hydrogen) atoms. The molecule has 134 valence electrons. The zero-order valence-corrected chi connectivity index (χ0v) is 15.3. The molecule has 0 unspecified atom stereocenters. The summed E-state index contributed by atoms with van der Waals surface area (Å²) in [4.78, 5) is 16.0. The number of nitrogens with one attached hydrogen (secondary N) is 2. The van der Waals surface area contributed by atoms with Crippen LogP contribution in [0.5, 0.6) is 5.75 Å². The van der Waals surface area contributed by atoms with Crippen molar-refractivity contribution in [3.8, 4) is 5.75 Å². The highest BCUT2D eigenvalue weighted by molar-refractivity contribution is 5.83. The molecule has 2 rings (SSSR count). The van der Waals surface area contributed by atoms with Crippen molar-refractivity contribution < 1.29 is 14.3 Å². The molecule has 0 aliphatic carbocycles. The maximum absolute atomic E-state index is 11.7. The second-order valence-electron chi connectivity index (χ2n) is 6.85. The van der Waals surface area contributed by atoms with Crippen LogP contribution in [0.4, 0.5) is 22.0 Å². The van der Waals surface area contributed by atoms with E-state index in [0.717, 1.165) is 17.1 Å². The van der Waals surface area contributed by atoms with Crippen molar-refractivity contribution in [1.82, 2.24) is 4.98 Å². The zero-order chi connectivity index (χ0) is 18.4. The quantitative estimate of drug-likeness (QED) is 0.803. The summed E-state index contributed by atoms with van der Waals surface area (Å²) in [6, 6.07) is 11.2. The van der Waals surface area contributed by atoms with Crippen LogP contribution in [0.1, 0.15) is 34.6 Å². The number of ether oxygens (including phenoxy) is 2. The molecule has 1 amide bonds. The second kappa shape index (κ2) is 7.88. The number of aromatic nitrogens is 1. The normalized spacial score (nSPS) is 11.1. The molecule has 0 radical (unpaired) electrons. The smallest absolute Gasteiger partial charge is 0.413 e. The minimum atomic E-state index is -0.550. The van der Waals surface area contributed by atoms with E-state index in [1.54, 1.807) is 12.3 Å². The monoisotopic (exact) mass is 343 g/mol. The number of carbonyl (C=O) groups excluding carboxylic acids is 1. The van der Waals surface area contributed by atoms with E-state index in [4.69, 9.17) is 9.47 Å². The Morgan fingerprint density at radius 1 is 1.12 bits per heavy atom. The molecule has 1 aromatic carbocycles. The molecule has 0 spiro atoms. The second-order valence-corrected chi connectivity index (χ2v) is 6.85. The Bertz CT molecular complexity index is 707. The predicted molar refractivity (Wildman–Crippen MR) is 99.6 cm³/mol. The van der Waals surface area contributed by atoms with E-state index in [1.165, 1.54) is 0 Å². The highest BCUT2D eigenvalue weighted by Gasteiger charge is 2.16. The van der Waals surface area contributed by atoms with Crippen molar-refractivity contribution in [3.63, 3.8) is 0 Å². The van der Waals surface area contributed by atoms with Gasteiger partial charge in [-0.1, -0.05) is 12.1 Å². The van der Waals surface area contributed by atoms with Crippen molar-refractivity contribution in [2.45, 2.75) is 46.3 Å². The van der Waals surface area contributed by atoms with E-state index in [0.29, 0.717) is 5.82 Å². The first-order valence-corrected chi connectivity index (χ1v) is 8.22. The molecule has 0 aliphatic rings. The molecule has 0 saturated carbocycles. The van der Waals surface area contributed by atoms with Gasteiger partial charge in [0.05, 0.1) is 23.7 Å². The zero-order valence-electron chi connectivity index (χ0n) is 15.3. The topological polar surface area (TPSA) is 72.5 Å². The number of amides is 1. The molecule has 2 N–H and O–H groups in total. The van der Waals surface area contributed by atoms with Crippen LogP contribution in [0.3, 0.4) is 0 Å². The minimum Gasteiger partial charge on any atom is -0.489 e. The van der Waals surface area contributed by atoms with Crippen LogP contribution in [-0.4, -0.2) is 22.8 Å². The van der Waals surface area contributed by atoms with Crippen molar-refractivity contribution in [1.29, 1.82) is 0 Å². The van der Waals surface area contributed by atoms with Gasteiger partial charge < -0.3 is 14.8 Å². The Morgan fingerprint density at radius 3 is 2.44 bits per heavy atom. The van der Waals surface area contributed by atoms with Crippen LogP contribution in [0.2, 0.25) is 0 Å². The molecular weight excluding hydrogens is 318 g/mol. The third kappa shape index (κ3) is 6.33. The summed E-state index contributed by atoms with van der Waals surface area (Å²) in [7, 11) is 0. The van der Waals surface area contributed by atoms with Gasteiger partial charge >= 0.3 is 6.09 Å². The lowest BCUT2D eigenvalue weighted by molar-refractivity contribution is 0.0635. The molecule has 1 aromatic heterocycles. The molecule has 0 saturated heterocycles. The van der Waals surface area contributed by atoms with Gasteiger partial charge in [0.1, 0.15) is 17.2 Å². The fourth-order valence-electron chi connectivity index (χ4n) is 2.03. The first kappa shape index (κ1) is 18.6. The number of rotatable bonds is 5. The van der Waals surface area contributed by atoms with E-state index >= 15 is 0 Å². The number of benzene rings is 1. The Morgan fingerprint density at radius 2 is 1.84 bits per heavy atom. The maximum atomic E-state index is 11.7. The van der Waals surface area contributed by atoms with Gasteiger partial charge in [-0.25, -0.2) is 9.78 Å². The third-order valence-electron chi connectivity index (χ3n) is 2.92. The van der Waals surface area contributed by atoms with Crippen LogP contribution >= 0.6 is 0 Å². The number of hydrogen-bond acceptors (Lipinski definition) is 5. The van der Waals surface area contributed by atoms with Crippen LogP contribution in [0, 0.1) is 0 Å². The summed E-state index contributed by atoms with van der Waals surface area (Å²) in [5, 5.41) is 5.87. The average molecular weight is 343 g/mol. The van der Waals surface area contributed by atoms with Crippen LogP contribution in [0.15, 0.2) is 42.6 Å². The largest absolute Gasteiger partial charge is 0.489 e. The first-order chi connectivity index (χ1) is 11.7. The summed E-state index contributed by atoms with van der Waals surface area (Å²) in [6.45, 7) is 9.39. The Kier molecular flexibility index (Phi) is 5.85. The molecule has 0 bridgehead atoms. The fraction of sp³-hybridized carbons (Fsp3) is 0.368. The van der Waals surface area contributed by atoms with Crippen LogP contribution in [0.25, 0.3) is 0 Å². The molecule has 2 aromatic rings. The summed E-state index contributed by atoms with van der Waals surface area (Å²) < 4.78 is 11.0. The van der Waals surface area contributed by atoms with Gasteiger partial charge in [-0.15, -0.1) is 0 Å². The van der Waals surface area contributed by atoms with Gasteiger partial charge in [0.25, 0.3) is 0 Å². The van der Waals surface area contributed by atoms with E-state index < -0.39 is 11.7 Å². The van der Waals surface area contributed by atoms with Gasteiger partial charge in [-0.05, 0) is 58.9 Å². The van der Waals surface area contributed by atoms with E-state index in [1.807, 2.05) is 65.0 Å². The highest BCUT2D eigenvalue weighted by Crippen LogP contribution is 2.28. The summed E-state index contributed by atoms with van der Waals surface area (Å²) >= 11 is 0. The summed E-state index contributed by atoms with van der Waals surface area (Å²) in [6.07, 6.45) is 1.19. The lowest BCUT2D eigenvalue weighted by Crippen LogP contribution is -2.27. The number of para-hydroxylation sites is 2. The van der Waals surface area contributed by atoms with Gasteiger partial charge in [-0.3, -0.25) is 5.32 Å². The standard InChI is InChI=1S/C19H25N3O3/c1-13(2)24-16-9-7-6-8-15(16)21-14-10-11-17(20-12-14)22-18(23)25-19(3,4)5/h6-13,21H,1-5H3,(H,20,22,23). The number of carbonyl (C=O) groups is 1. The van der Waals surface area contributed by atoms with Crippen molar-refractivity contribution in [2.75, 3.05) is 10.6 Å². The number of nitrogens with zero attached hydrogens (tertiary/aromatic N) is 1. The molecule has 6 nitrogen and oxygen atoms in total. The Hall–Kier alpha value is -2.76. The number of hydrogen-bond donors (Lipinski definition) is 2. The van der Waals surface area contributed by atoms with E-state index in [2.05, 4.69) is 15.6 Å². The SMILES string of the molecule is CC(C)Oc1ccccc1Nc1ccc(NC(=O)OC(C)(C)C)nc1. The number of pyridine rings is 1. The fourth-order valence-corrected chi connectivity index (χ4v) is 2.03. The highest BCUT2D eigenvalue weighted by atomic mass is 16.6. The lowest BCUT2D eigenvalue weighted by atomic mass is 10.2. The van der Waals surface area contributed by atoms with Gasteiger partial charge in [-0.2, -0.15) is 0 Å². The number of anilines is 3. The average Bonchev–Trinajstić information content (AvgIpc) is 2.49. The molecule has 0 atom stereocenters. The van der Waals surface area contributed by atoms with E-state index in [9.17, 15) is 4.79 Å².